The summed E-state index contributed by atoms with van der Waals surface area (Å²) < 4.78 is 4.90. The Morgan fingerprint density at radius 3 is 1.95 bits per heavy atom. The molecule has 108 valence electrons. The van der Waals surface area contributed by atoms with E-state index in [2.05, 4.69) is 6.92 Å². The van der Waals surface area contributed by atoms with Crippen LogP contribution in [0.25, 0.3) is 0 Å². The zero-order valence-corrected chi connectivity index (χ0v) is 11.3. The summed E-state index contributed by atoms with van der Waals surface area (Å²) in [6.45, 7) is 3.74. The second-order valence-corrected chi connectivity index (χ2v) is 4.01. The molecular weight excluding hydrogens is 252 g/mol. The molecule has 0 saturated carbocycles. The van der Waals surface area contributed by atoms with Crippen LogP contribution in [0.3, 0.4) is 0 Å². The van der Waals surface area contributed by atoms with Crippen molar-refractivity contribution in [3.05, 3.63) is 11.1 Å². The lowest BCUT2D eigenvalue weighted by Crippen LogP contribution is -2.20. The Hall–Kier alpha value is -1.85. The van der Waals surface area contributed by atoms with Crippen molar-refractivity contribution in [3.63, 3.8) is 0 Å². The number of esters is 1. The number of carboxylic acids is 2. The summed E-state index contributed by atoms with van der Waals surface area (Å²) in [7, 11) is 0. The molecule has 0 fully saturated rings. The summed E-state index contributed by atoms with van der Waals surface area (Å²) in [6, 6.07) is 0. The molecule has 6 nitrogen and oxygen atoms in total. The summed E-state index contributed by atoms with van der Waals surface area (Å²) in [5.74, 6) is -4.13. The largest absolute Gasteiger partial charge is 0.477 e. The molecule has 0 aliphatic heterocycles. The summed E-state index contributed by atoms with van der Waals surface area (Å²) in [5.41, 5.74) is -1.23. The fourth-order valence-corrected chi connectivity index (χ4v) is 1.55. The van der Waals surface area contributed by atoms with Crippen molar-refractivity contribution < 1.29 is 29.3 Å². The number of aliphatic carboxylic acids is 2. The lowest BCUT2D eigenvalue weighted by Gasteiger charge is -2.08. The molecule has 6 heteroatoms. The molecule has 0 atom stereocenters. The van der Waals surface area contributed by atoms with Gasteiger partial charge in [-0.25, -0.2) is 14.4 Å². The number of hydrogen-bond donors (Lipinski definition) is 2. The van der Waals surface area contributed by atoms with Gasteiger partial charge in [-0.2, -0.15) is 0 Å². The van der Waals surface area contributed by atoms with E-state index < -0.39 is 23.5 Å². The van der Waals surface area contributed by atoms with Gasteiger partial charge in [0.15, 0.2) is 5.57 Å². The van der Waals surface area contributed by atoms with Crippen LogP contribution in [0.15, 0.2) is 11.1 Å². The highest BCUT2D eigenvalue weighted by molar-refractivity contribution is 6.17. The molecule has 0 aromatic heterocycles. The van der Waals surface area contributed by atoms with E-state index in [-0.39, 0.29) is 18.6 Å². The third-order valence-corrected chi connectivity index (χ3v) is 2.56. The third kappa shape index (κ3) is 6.03. The molecule has 0 aromatic rings. The lowest BCUT2D eigenvalue weighted by molar-refractivity contribution is -0.144. The molecule has 0 rings (SSSR count). The minimum atomic E-state index is -1.63. The van der Waals surface area contributed by atoms with Crippen LogP contribution in [0.4, 0.5) is 0 Å². The Labute approximate surface area is 112 Å². The van der Waals surface area contributed by atoms with Gasteiger partial charge < -0.3 is 14.9 Å². The fraction of sp³-hybridized carbons (Fsp3) is 0.615. The van der Waals surface area contributed by atoms with Crippen LogP contribution in [0, 0.1) is 0 Å². The lowest BCUT2D eigenvalue weighted by atomic mass is 10.1. The van der Waals surface area contributed by atoms with Crippen molar-refractivity contribution in [2.24, 2.45) is 0 Å². The van der Waals surface area contributed by atoms with Crippen LogP contribution in [0.2, 0.25) is 0 Å². The molecule has 0 amide bonds. The average molecular weight is 272 g/mol. The van der Waals surface area contributed by atoms with Crippen molar-refractivity contribution >= 4 is 17.9 Å². The standard InChI is InChI=1S/C13H20O6/c1-3-5-6-7-8-19-13(18)9(4-2)10(11(14)15)12(16)17/h3-8H2,1-2H3,(H,14,15)(H,16,17). The van der Waals surface area contributed by atoms with E-state index in [1.165, 1.54) is 6.92 Å². The highest BCUT2D eigenvalue weighted by Crippen LogP contribution is 2.12. The minimum Gasteiger partial charge on any atom is -0.477 e. The van der Waals surface area contributed by atoms with Gasteiger partial charge in [-0.3, -0.25) is 0 Å². The molecule has 0 aliphatic rings. The Balaban J connectivity index is 4.66. The van der Waals surface area contributed by atoms with E-state index in [1.54, 1.807) is 0 Å². The first kappa shape index (κ1) is 17.2. The van der Waals surface area contributed by atoms with Crippen molar-refractivity contribution in [1.82, 2.24) is 0 Å². The fourth-order valence-electron chi connectivity index (χ4n) is 1.55. The van der Waals surface area contributed by atoms with E-state index in [0.717, 1.165) is 19.3 Å². The number of carboxylic acid groups (broad SMARTS) is 2. The highest BCUT2D eigenvalue weighted by atomic mass is 16.5. The number of hydrogen-bond acceptors (Lipinski definition) is 4. The molecule has 0 radical (unpaired) electrons. The van der Waals surface area contributed by atoms with Gasteiger partial charge >= 0.3 is 17.9 Å². The second-order valence-electron chi connectivity index (χ2n) is 4.01. The van der Waals surface area contributed by atoms with E-state index in [4.69, 9.17) is 14.9 Å². The maximum atomic E-state index is 11.7. The first-order valence-electron chi connectivity index (χ1n) is 6.32. The molecule has 0 aliphatic carbocycles. The zero-order chi connectivity index (χ0) is 14.8. The Morgan fingerprint density at radius 2 is 1.53 bits per heavy atom. The van der Waals surface area contributed by atoms with E-state index in [1.807, 2.05) is 0 Å². The van der Waals surface area contributed by atoms with Crippen molar-refractivity contribution in [2.75, 3.05) is 6.61 Å². The predicted molar refractivity (Wildman–Crippen MR) is 67.7 cm³/mol. The smallest absolute Gasteiger partial charge is 0.343 e. The van der Waals surface area contributed by atoms with Gasteiger partial charge in [0.1, 0.15) is 0 Å². The third-order valence-electron chi connectivity index (χ3n) is 2.56. The first-order chi connectivity index (χ1) is 8.95. The predicted octanol–water partition coefficient (Wildman–Crippen LogP) is 1.99. The minimum absolute atomic E-state index is 0.00171. The molecule has 0 bridgehead atoms. The quantitative estimate of drug-likeness (QED) is 0.219. The van der Waals surface area contributed by atoms with Crippen LogP contribution in [0.1, 0.15) is 46.0 Å². The normalized spacial score (nSPS) is 9.79. The van der Waals surface area contributed by atoms with Crippen LogP contribution in [-0.2, 0) is 19.1 Å². The summed E-state index contributed by atoms with van der Waals surface area (Å²) in [4.78, 5) is 33.3. The van der Waals surface area contributed by atoms with Crippen molar-refractivity contribution in [2.45, 2.75) is 46.0 Å². The van der Waals surface area contributed by atoms with E-state index >= 15 is 0 Å². The molecule has 2 N–H and O–H groups in total. The molecule has 0 saturated heterocycles. The molecule has 0 aromatic carbocycles. The number of carbonyl (C=O) groups excluding carboxylic acids is 1. The monoisotopic (exact) mass is 272 g/mol. The van der Waals surface area contributed by atoms with Crippen LogP contribution in [-0.4, -0.2) is 34.7 Å². The maximum absolute atomic E-state index is 11.7. The van der Waals surface area contributed by atoms with Gasteiger partial charge in [0.2, 0.25) is 0 Å². The topological polar surface area (TPSA) is 101 Å². The van der Waals surface area contributed by atoms with Crippen LogP contribution < -0.4 is 0 Å². The number of carbonyl (C=O) groups is 3. The summed E-state index contributed by atoms with van der Waals surface area (Å²) in [5, 5.41) is 17.6. The first-order valence-corrected chi connectivity index (χ1v) is 6.32. The molecule has 19 heavy (non-hydrogen) atoms. The summed E-state index contributed by atoms with van der Waals surface area (Å²) >= 11 is 0. The van der Waals surface area contributed by atoms with Gasteiger partial charge in [0.05, 0.1) is 12.2 Å². The van der Waals surface area contributed by atoms with Gasteiger partial charge in [-0.05, 0) is 12.8 Å². The van der Waals surface area contributed by atoms with Gasteiger partial charge in [-0.1, -0.05) is 33.1 Å². The van der Waals surface area contributed by atoms with Gasteiger partial charge in [0.25, 0.3) is 0 Å². The molecule has 0 unspecified atom stereocenters. The molecule has 0 heterocycles. The van der Waals surface area contributed by atoms with Gasteiger partial charge in [-0.15, -0.1) is 0 Å². The molecule has 0 spiro atoms. The maximum Gasteiger partial charge on any atom is 0.343 e. The Morgan fingerprint density at radius 1 is 0.947 bits per heavy atom. The average Bonchev–Trinajstić information content (AvgIpc) is 2.34. The Kier molecular flexibility index (Phi) is 8.24. The zero-order valence-electron chi connectivity index (χ0n) is 11.3. The van der Waals surface area contributed by atoms with Gasteiger partial charge in [0, 0.05) is 0 Å². The Bertz CT molecular complexity index is 353. The van der Waals surface area contributed by atoms with E-state index in [0.29, 0.717) is 6.42 Å². The van der Waals surface area contributed by atoms with Crippen LogP contribution in [0.5, 0.6) is 0 Å². The number of ether oxygens (including phenoxy) is 1. The molecular formula is C13H20O6. The van der Waals surface area contributed by atoms with Crippen LogP contribution >= 0.6 is 0 Å². The SMILES string of the molecule is CCCCCCOC(=O)C(CC)=C(C(=O)O)C(=O)O. The van der Waals surface area contributed by atoms with E-state index in [9.17, 15) is 14.4 Å². The highest BCUT2D eigenvalue weighted by Gasteiger charge is 2.26. The number of unbranched alkanes of at least 4 members (excludes halogenated alkanes) is 3. The van der Waals surface area contributed by atoms with Crippen molar-refractivity contribution in [3.8, 4) is 0 Å². The second kappa shape index (κ2) is 9.13. The number of rotatable bonds is 9. The summed E-state index contributed by atoms with van der Waals surface area (Å²) in [6.07, 6.45) is 3.69. The van der Waals surface area contributed by atoms with Crippen molar-refractivity contribution in [1.29, 1.82) is 0 Å².